The largest absolute Gasteiger partial charge is 0.335 e. The molecule has 0 aliphatic carbocycles. The number of H-pyrrole nitrogens is 1. The van der Waals surface area contributed by atoms with Crippen LogP contribution >= 0.6 is 0 Å². The van der Waals surface area contributed by atoms with Crippen LogP contribution in [0.3, 0.4) is 0 Å². The van der Waals surface area contributed by atoms with Gasteiger partial charge in [-0.3, -0.25) is 14.7 Å². The third-order valence-corrected chi connectivity index (χ3v) is 6.88. The zero-order valence-corrected chi connectivity index (χ0v) is 16.0. The van der Waals surface area contributed by atoms with E-state index in [1.54, 1.807) is 22.2 Å². The standard InChI is InChI=1S/C17H26N4O4S/c1-12(2)17(23)21-7-6-20(14-10-26(24,25)11-15(14)21)16(22)5-3-4-13-8-18-19-9-13/h8-9,12,14-15H,3-7,10-11H2,1-2H3,(H,18,19)/t14-,15+/m1/s1. The molecule has 2 atom stereocenters. The van der Waals surface area contributed by atoms with Crippen LogP contribution in [-0.2, 0) is 25.8 Å². The van der Waals surface area contributed by atoms with Crippen LogP contribution in [0, 0.1) is 5.92 Å². The monoisotopic (exact) mass is 382 g/mol. The van der Waals surface area contributed by atoms with Gasteiger partial charge in [0.2, 0.25) is 11.8 Å². The number of hydrogen-bond acceptors (Lipinski definition) is 5. The minimum Gasteiger partial charge on any atom is -0.335 e. The minimum absolute atomic E-state index is 0.0303. The number of amides is 2. The molecular weight excluding hydrogens is 356 g/mol. The number of nitrogens with zero attached hydrogens (tertiary/aromatic N) is 3. The number of fused-ring (bicyclic) bond motifs is 1. The van der Waals surface area contributed by atoms with E-state index in [1.807, 2.05) is 13.8 Å². The van der Waals surface area contributed by atoms with Crippen molar-refractivity contribution in [2.75, 3.05) is 24.6 Å². The van der Waals surface area contributed by atoms with E-state index in [0.717, 1.165) is 12.0 Å². The molecule has 0 unspecified atom stereocenters. The first kappa shape index (κ1) is 18.9. The molecular formula is C17H26N4O4S. The number of piperazine rings is 1. The zero-order valence-electron chi connectivity index (χ0n) is 15.2. The maximum atomic E-state index is 12.7. The number of aromatic amines is 1. The molecule has 26 heavy (non-hydrogen) atoms. The van der Waals surface area contributed by atoms with Gasteiger partial charge in [-0.1, -0.05) is 13.8 Å². The third-order valence-electron chi connectivity index (χ3n) is 5.18. The fourth-order valence-electron chi connectivity index (χ4n) is 3.87. The summed E-state index contributed by atoms with van der Waals surface area (Å²) in [6, 6.07) is -0.834. The number of aromatic nitrogens is 2. The Kier molecular flexibility index (Phi) is 5.36. The highest BCUT2D eigenvalue weighted by atomic mass is 32.2. The maximum absolute atomic E-state index is 12.7. The number of rotatable bonds is 5. The second kappa shape index (κ2) is 7.38. The average Bonchev–Trinajstić information content (AvgIpc) is 3.19. The number of sulfone groups is 1. The van der Waals surface area contributed by atoms with Crippen LogP contribution in [0.5, 0.6) is 0 Å². The topological polar surface area (TPSA) is 103 Å². The summed E-state index contributed by atoms with van der Waals surface area (Å²) in [4.78, 5) is 28.5. The summed E-state index contributed by atoms with van der Waals surface area (Å²) in [5.74, 6) is -0.348. The highest BCUT2D eigenvalue weighted by Crippen LogP contribution is 2.28. The third kappa shape index (κ3) is 3.92. The summed E-state index contributed by atoms with van der Waals surface area (Å²) in [7, 11) is -3.24. The molecule has 2 fully saturated rings. The first-order chi connectivity index (χ1) is 12.3. The number of aryl methyl sites for hydroxylation is 1. The van der Waals surface area contributed by atoms with E-state index in [2.05, 4.69) is 10.2 Å². The Morgan fingerprint density at radius 3 is 2.50 bits per heavy atom. The lowest BCUT2D eigenvalue weighted by Crippen LogP contribution is -2.62. The van der Waals surface area contributed by atoms with Crippen molar-refractivity contribution in [2.24, 2.45) is 5.92 Å². The van der Waals surface area contributed by atoms with Crippen LogP contribution in [0.4, 0.5) is 0 Å². The van der Waals surface area contributed by atoms with E-state index >= 15 is 0 Å². The maximum Gasteiger partial charge on any atom is 0.225 e. The van der Waals surface area contributed by atoms with Crippen LogP contribution in [0.1, 0.15) is 32.3 Å². The van der Waals surface area contributed by atoms with Gasteiger partial charge in [0, 0.05) is 31.6 Å². The molecule has 9 heteroatoms. The van der Waals surface area contributed by atoms with Crippen LogP contribution in [-0.4, -0.2) is 76.9 Å². The molecule has 1 aromatic rings. The summed E-state index contributed by atoms with van der Waals surface area (Å²) in [5.41, 5.74) is 1.05. The molecule has 0 saturated carbocycles. The molecule has 0 bridgehead atoms. The molecule has 2 amide bonds. The normalized spacial score (nSPS) is 24.7. The minimum atomic E-state index is -3.24. The fourth-order valence-corrected chi connectivity index (χ4v) is 5.85. The molecule has 144 valence electrons. The molecule has 1 aromatic heterocycles. The Morgan fingerprint density at radius 2 is 1.88 bits per heavy atom. The van der Waals surface area contributed by atoms with Crippen molar-refractivity contribution in [1.82, 2.24) is 20.0 Å². The van der Waals surface area contributed by atoms with E-state index in [9.17, 15) is 18.0 Å². The lowest BCUT2D eigenvalue weighted by Gasteiger charge is -2.44. The Morgan fingerprint density at radius 1 is 1.23 bits per heavy atom. The van der Waals surface area contributed by atoms with Gasteiger partial charge in [0.05, 0.1) is 29.8 Å². The van der Waals surface area contributed by atoms with E-state index < -0.39 is 21.9 Å². The Balaban J connectivity index is 1.67. The molecule has 2 aliphatic rings. The lowest BCUT2D eigenvalue weighted by atomic mass is 10.0. The predicted molar refractivity (Wildman–Crippen MR) is 96.0 cm³/mol. The fraction of sp³-hybridized carbons (Fsp3) is 0.706. The van der Waals surface area contributed by atoms with Crippen LogP contribution in [0.2, 0.25) is 0 Å². The van der Waals surface area contributed by atoms with E-state index in [0.29, 0.717) is 25.9 Å². The van der Waals surface area contributed by atoms with Crippen molar-refractivity contribution in [2.45, 2.75) is 45.2 Å². The van der Waals surface area contributed by atoms with Crippen molar-refractivity contribution in [3.63, 3.8) is 0 Å². The van der Waals surface area contributed by atoms with E-state index in [4.69, 9.17) is 0 Å². The summed E-state index contributed by atoms with van der Waals surface area (Å²) < 4.78 is 24.4. The van der Waals surface area contributed by atoms with Gasteiger partial charge in [-0.05, 0) is 18.4 Å². The van der Waals surface area contributed by atoms with E-state index in [1.165, 1.54) is 0 Å². The molecule has 1 N–H and O–H groups in total. The highest BCUT2D eigenvalue weighted by molar-refractivity contribution is 7.91. The molecule has 3 rings (SSSR count). The van der Waals surface area contributed by atoms with Gasteiger partial charge in [0.25, 0.3) is 0 Å². The summed E-state index contributed by atoms with van der Waals surface area (Å²) >= 11 is 0. The zero-order chi connectivity index (χ0) is 18.9. The first-order valence-corrected chi connectivity index (χ1v) is 10.9. The van der Waals surface area contributed by atoms with Crippen LogP contribution < -0.4 is 0 Å². The Bertz CT molecular complexity index is 760. The van der Waals surface area contributed by atoms with Crippen molar-refractivity contribution in [1.29, 1.82) is 0 Å². The van der Waals surface area contributed by atoms with Crippen molar-refractivity contribution >= 4 is 21.7 Å². The molecule has 3 heterocycles. The quantitative estimate of drug-likeness (QED) is 0.785. The Hall–Kier alpha value is -1.90. The molecule has 2 aliphatic heterocycles. The summed E-state index contributed by atoms with van der Waals surface area (Å²) in [6.45, 7) is 4.43. The number of carbonyl (C=O) groups excluding carboxylic acids is 2. The smallest absolute Gasteiger partial charge is 0.225 e. The van der Waals surface area contributed by atoms with Gasteiger partial charge in [-0.2, -0.15) is 5.10 Å². The van der Waals surface area contributed by atoms with Crippen LogP contribution in [0.15, 0.2) is 12.4 Å². The molecule has 8 nitrogen and oxygen atoms in total. The molecule has 0 spiro atoms. The second-order valence-electron chi connectivity index (χ2n) is 7.45. The van der Waals surface area contributed by atoms with Gasteiger partial charge in [0.1, 0.15) is 0 Å². The second-order valence-corrected chi connectivity index (χ2v) is 9.60. The lowest BCUT2D eigenvalue weighted by molar-refractivity contribution is -0.147. The van der Waals surface area contributed by atoms with Crippen molar-refractivity contribution in [3.8, 4) is 0 Å². The van der Waals surface area contributed by atoms with Crippen molar-refractivity contribution in [3.05, 3.63) is 18.0 Å². The summed E-state index contributed by atoms with van der Waals surface area (Å²) in [6.07, 6.45) is 5.35. The average molecular weight is 382 g/mol. The van der Waals surface area contributed by atoms with Gasteiger partial charge in [0.15, 0.2) is 9.84 Å². The van der Waals surface area contributed by atoms with Gasteiger partial charge < -0.3 is 9.80 Å². The molecule has 0 aromatic carbocycles. The van der Waals surface area contributed by atoms with Crippen molar-refractivity contribution < 1.29 is 18.0 Å². The predicted octanol–water partition coefficient (Wildman–Crippen LogP) is 0.225. The number of nitrogens with one attached hydrogen (secondary N) is 1. The van der Waals surface area contributed by atoms with Gasteiger partial charge in [-0.25, -0.2) is 8.42 Å². The summed E-state index contributed by atoms with van der Waals surface area (Å²) in [5, 5.41) is 6.63. The first-order valence-electron chi connectivity index (χ1n) is 9.06. The molecule has 0 radical (unpaired) electrons. The Labute approximate surface area is 153 Å². The van der Waals surface area contributed by atoms with E-state index in [-0.39, 0.29) is 29.2 Å². The molecule has 2 saturated heterocycles. The SMILES string of the molecule is CC(C)C(=O)N1CCN(C(=O)CCCc2cn[nH]c2)[C@@H]2CS(=O)(=O)C[C@@H]21. The van der Waals surface area contributed by atoms with Gasteiger partial charge >= 0.3 is 0 Å². The number of carbonyl (C=O) groups is 2. The highest BCUT2D eigenvalue weighted by Gasteiger charge is 2.49. The number of hydrogen-bond donors (Lipinski definition) is 1. The van der Waals surface area contributed by atoms with Crippen LogP contribution in [0.25, 0.3) is 0 Å². The van der Waals surface area contributed by atoms with Gasteiger partial charge in [-0.15, -0.1) is 0 Å².